The zero-order valence-electron chi connectivity index (χ0n) is 12.2. The first-order chi connectivity index (χ1) is 10.1. The molecule has 0 aliphatic carbocycles. The van der Waals surface area contributed by atoms with Gasteiger partial charge in [-0.15, -0.1) is 0 Å². The second-order valence-electron chi connectivity index (χ2n) is 4.56. The molecule has 0 unspecified atom stereocenters. The van der Waals surface area contributed by atoms with Crippen LogP contribution in [0.4, 0.5) is 0 Å². The number of methoxy groups -OCH3 is 2. The zero-order valence-corrected chi connectivity index (χ0v) is 13.0. The van der Waals surface area contributed by atoms with E-state index in [9.17, 15) is 4.79 Å². The molecular formula is C17H16O3S. The van der Waals surface area contributed by atoms with E-state index in [0.29, 0.717) is 16.4 Å². The van der Waals surface area contributed by atoms with Gasteiger partial charge in [0.05, 0.1) is 14.2 Å². The molecule has 2 rings (SSSR count). The van der Waals surface area contributed by atoms with Gasteiger partial charge in [-0.2, -0.15) is 0 Å². The highest BCUT2D eigenvalue weighted by Gasteiger charge is 2.16. The maximum Gasteiger partial charge on any atom is 0.191 e. The lowest BCUT2D eigenvalue weighted by Crippen LogP contribution is -2.04. The van der Waals surface area contributed by atoms with E-state index in [0.717, 1.165) is 28.5 Å². The fourth-order valence-electron chi connectivity index (χ4n) is 2.35. The third-order valence-corrected chi connectivity index (χ3v) is 3.69. The van der Waals surface area contributed by atoms with Gasteiger partial charge >= 0.3 is 0 Å². The van der Waals surface area contributed by atoms with E-state index in [-0.39, 0.29) is 0 Å². The number of aryl methyl sites for hydroxylation is 1. The number of thiocarbonyl (C=S) groups is 1. The fourth-order valence-corrected chi connectivity index (χ4v) is 2.53. The van der Waals surface area contributed by atoms with E-state index >= 15 is 0 Å². The minimum atomic E-state index is 0.401. The molecule has 0 bridgehead atoms. The number of aldehydes is 1. The van der Waals surface area contributed by atoms with Gasteiger partial charge < -0.3 is 9.47 Å². The quantitative estimate of drug-likeness (QED) is 0.635. The molecule has 0 aliphatic heterocycles. The Labute approximate surface area is 129 Å². The zero-order chi connectivity index (χ0) is 15.4. The summed E-state index contributed by atoms with van der Waals surface area (Å²) in [7, 11) is 3.12. The van der Waals surface area contributed by atoms with E-state index in [1.807, 2.05) is 37.3 Å². The van der Waals surface area contributed by atoms with Crippen molar-refractivity contribution in [1.29, 1.82) is 0 Å². The molecular weight excluding hydrogens is 284 g/mol. The Morgan fingerprint density at radius 3 is 2.52 bits per heavy atom. The number of carbonyl (C=O) groups is 1. The van der Waals surface area contributed by atoms with Gasteiger partial charge in [0.2, 0.25) is 0 Å². The number of hydrogen-bond donors (Lipinski definition) is 0. The Bertz CT molecular complexity index is 692. The summed E-state index contributed by atoms with van der Waals surface area (Å²) in [4.78, 5) is 11.5. The molecule has 0 N–H and O–H groups in total. The number of hydrogen-bond acceptors (Lipinski definition) is 4. The van der Waals surface area contributed by atoms with Crippen LogP contribution in [-0.2, 0) is 4.74 Å². The molecule has 0 saturated carbocycles. The van der Waals surface area contributed by atoms with Gasteiger partial charge in [0.1, 0.15) is 5.75 Å². The highest BCUT2D eigenvalue weighted by atomic mass is 32.1. The monoisotopic (exact) mass is 300 g/mol. The molecule has 3 nitrogen and oxygen atoms in total. The molecule has 2 aromatic carbocycles. The average molecular weight is 300 g/mol. The highest BCUT2D eigenvalue weighted by molar-refractivity contribution is 7.80. The van der Waals surface area contributed by atoms with Crippen LogP contribution in [-0.4, -0.2) is 25.6 Å². The molecule has 0 saturated heterocycles. The maximum absolute atomic E-state index is 11.5. The summed E-state index contributed by atoms with van der Waals surface area (Å²) in [6.07, 6.45) is 0.831. The molecule has 0 aliphatic rings. The van der Waals surface area contributed by atoms with Gasteiger partial charge in [-0.1, -0.05) is 18.2 Å². The van der Waals surface area contributed by atoms with Crippen LogP contribution in [0, 0.1) is 6.92 Å². The second kappa shape index (κ2) is 6.50. The van der Waals surface area contributed by atoms with E-state index in [1.165, 1.54) is 0 Å². The lowest BCUT2D eigenvalue weighted by atomic mass is 9.92. The SMILES string of the molecule is COC(=S)c1ccccc1-c1c(C)cc(OC)cc1C=O. The Balaban J connectivity index is 2.73. The van der Waals surface area contributed by atoms with Crippen LogP contribution in [0.25, 0.3) is 11.1 Å². The molecule has 21 heavy (non-hydrogen) atoms. The predicted molar refractivity (Wildman–Crippen MR) is 87.3 cm³/mol. The van der Waals surface area contributed by atoms with Crippen molar-refractivity contribution >= 4 is 23.6 Å². The summed E-state index contributed by atoms with van der Waals surface area (Å²) in [5.74, 6) is 0.658. The summed E-state index contributed by atoms with van der Waals surface area (Å²) in [6, 6.07) is 11.2. The Morgan fingerprint density at radius 2 is 1.90 bits per heavy atom. The summed E-state index contributed by atoms with van der Waals surface area (Å²) in [5, 5.41) is 0.401. The van der Waals surface area contributed by atoms with Gasteiger partial charge in [0.25, 0.3) is 0 Å². The van der Waals surface area contributed by atoms with Gasteiger partial charge in [-0.3, -0.25) is 4.79 Å². The summed E-state index contributed by atoms with van der Waals surface area (Å²) in [5.41, 5.74) is 4.04. The number of carbonyl (C=O) groups excluding carboxylic acids is 1. The first-order valence-corrected chi connectivity index (χ1v) is 6.84. The van der Waals surface area contributed by atoms with Crippen LogP contribution in [0.2, 0.25) is 0 Å². The minimum Gasteiger partial charge on any atom is -0.497 e. The van der Waals surface area contributed by atoms with Gasteiger partial charge in [0, 0.05) is 11.1 Å². The van der Waals surface area contributed by atoms with Crippen molar-refractivity contribution in [2.45, 2.75) is 6.92 Å². The molecule has 0 atom stereocenters. The molecule has 108 valence electrons. The van der Waals surface area contributed by atoms with Crippen LogP contribution in [0.3, 0.4) is 0 Å². The Morgan fingerprint density at radius 1 is 1.19 bits per heavy atom. The van der Waals surface area contributed by atoms with Crippen LogP contribution in [0.15, 0.2) is 36.4 Å². The summed E-state index contributed by atoms with van der Waals surface area (Å²) >= 11 is 5.25. The number of rotatable bonds is 4. The van der Waals surface area contributed by atoms with E-state index in [1.54, 1.807) is 20.3 Å². The van der Waals surface area contributed by atoms with Crippen molar-refractivity contribution < 1.29 is 14.3 Å². The lowest BCUT2D eigenvalue weighted by molar-refractivity contribution is 0.112. The topological polar surface area (TPSA) is 35.5 Å². The van der Waals surface area contributed by atoms with Crippen molar-refractivity contribution in [1.82, 2.24) is 0 Å². The van der Waals surface area contributed by atoms with E-state index < -0.39 is 0 Å². The number of benzene rings is 2. The van der Waals surface area contributed by atoms with Crippen LogP contribution in [0.1, 0.15) is 21.5 Å². The molecule has 0 amide bonds. The molecule has 4 heteroatoms. The fraction of sp³-hybridized carbons (Fsp3) is 0.176. The largest absolute Gasteiger partial charge is 0.497 e. The van der Waals surface area contributed by atoms with Gasteiger partial charge in [0.15, 0.2) is 11.3 Å². The van der Waals surface area contributed by atoms with Crippen LogP contribution < -0.4 is 4.74 Å². The average Bonchev–Trinajstić information content (AvgIpc) is 2.53. The minimum absolute atomic E-state index is 0.401. The van der Waals surface area contributed by atoms with Crippen molar-refractivity contribution in [3.05, 3.63) is 53.1 Å². The first-order valence-electron chi connectivity index (χ1n) is 6.44. The van der Waals surface area contributed by atoms with Gasteiger partial charge in [-0.25, -0.2) is 0 Å². The second-order valence-corrected chi connectivity index (χ2v) is 4.93. The molecule has 0 spiro atoms. The third-order valence-electron chi connectivity index (χ3n) is 3.30. The third kappa shape index (κ3) is 2.95. The molecule has 0 heterocycles. The smallest absolute Gasteiger partial charge is 0.191 e. The lowest BCUT2D eigenvalue weighted by Gasteiger charge is -2.15. The normalized spacial score (nSPS) is 10.0. The van der Waals surface area contributed by atoms with E-state index in [2.05, 4.69) is 0 Å². The summed E-state index contributed by atoms with van der Waals surface area (Å²) < 4.78 is 10.4. The summed E-state index contributed by atoms with van der Waals surface area (Å²) in [6.45, 7) is 1.94. The van der Waals surface area contributed by atoms with Gasteiger partial charge in [-0.05, 0) is 54.0 Å². The first kappa shape index (κ1) is 15.2. The highest BCUT2D eigenvalue weighted by Crippen LogP contribution is 2.33. The molecule has 2 aromatic rings. The van der Waals surface area contributed by atoms with Crippen molar-refractivity contribution in [2.24, 2.45) is 0 Å². The Kier molecular flexibility index (Phi) is 4.70. The Hall–Kier alpha value is -2.20. The van der Waals surface area contributed by atoms with Crippen LogP contribution in [0.5, 0.6) is 5.75 Å². The van der Waals surface area contributed by atoms with Crippen molar-refractivity contribution in [3.8, 4) is 16.9 Å². The molecule has 0 aromatic heterocycles. The number of ether oxygens (including phenoxy) is 2. The van der Waals surface area contributed by atoms with Crippen LogP contribution >= 0.6 is 12.2 Å². The predicted octanol–water partition coefficient (Wildman–Crippen LogP) is 3.81. The molecule has 0 radical (unpaired) electrons. The molecule has 0 fully saturated rings. The maximum atomic E-state index is 11.5. The van der Waals surface area contributed by atoms with Crippen molar-refractivity contribution in [2.75, 3.05) is 14.2 Å². The standard InChI is InChI=1S/C17H16O3S/c1-11-8-13(19-2)9-12(10-18)16(11)14-6-4-5-7-15(14)17(21)20-3/h4-10H,1-3H3. The van der Waals surface area contributed by atoms with Crippen molar-refractivity contribution in [3.63, 3.8) is 0 Å². The van der Waals surface area contributed by atoms with E-state index in [4.69, 9.17) is 21.7 Å².